The van der Waals surface area contributed by atoms with Crippen LogP contribution in [0.5, 0.6) is 0 Å². The summed E-state index contributed by atoms with van der Waals surface area (Å²) in [7, 11) is -2.55. The van der Waals surface area contributed by atoms with Gasteiger partial charge in [0.15, 0.2) is 21.3 Å². The number of rotatable bonds is 2. The van der Waals surface area contributed by atoms with Crippen molar-refractivity contribution in [2.45, 2.75) is 5.44 Å². The average Bonchev–Trinajstić information content (AvgIpc) is 2.82. The smallest absolute Gasteiger partial charge is 0.186 e. The second-order valence-corrected chi connectivity index (χ2v) is 6.18. The Hall–Kier alpha value is -1.18. The maximum atomic E-state index is 11.0. The summed E-state index contributed by atoms with van der Waals surface area (Å²) in [5, 5.41) is 0.862. The summed E-state index contributed by atoms with van der Waals surface area (Å²) in [6.45, 7) is 1.46. The van der Waals surface area contributed by atoms with Crippen LogP contribution >= 0.6 is 11.3 Å². The Balaban J connectivity index is 1.89. The highest BCUT2D eigenvalue weighted by Crippen LogP contribution is 2.29. The van der Waals surface area contributed by atoms with Gasteiger partial charge in [-0.05, 0) is 12.1 Å². The Labute approximate surface area is 110 Å². The molecule has 1 fully saturated rings. The maximum absolute atomic E-state index is 11.0. The van der Waals surface area contributed by atoms with Crippen LogP contribution in [-0.4, -0.2) is 38.5 Å². The van der Waals surface area contributed by atoms with Crippen molar-refractivity contribution < 1.29 is 13.2 Å². The highest BCUT2D eigenvalue weighted by molar-refractivity contribution is 7.73. The molecule has 0 saturated carbocycles. The molecule has 2 heterocycles. The van der Waals surface area contributed by atoms with E-state index < -0.39 is 16.1 Å². The highest BCUT2D eigenvalue weighted by Gasteiger charge is 2.24. The molecule has 0 amide bonds. The number of para-hydroxylation sites is 1. The van der Waals surface area contributed by atoms with Crippen molar-refractivity contribution in [2.75, 3.05) is 24.6 Å². The van der Waals surface area contributed by atoms with Crippen molar-refractivity contribution in [3.63, 3.8) is 0 Å². The molecule has 5 nitrogen and oxygen atoms in total. The third-order valence-electron chi connectivity index (χ3n) is 2.84. The van der Waals surface area contributed by atoms with Crippen LogP contribution in [0.2, 0.25) is 0 Å². The molecule has 0 aliphatic carbocycles. The molecule has 1 atom stereocenters. The molecule has 0 N–H and O–H groups in total. The predicted molar refractivity (Wildman–Crippen MR) is 71.9 cm³/mol. The quantitative estimate of drug-likeness (QED) is 0.836. The Morgan fingerprint density at radius 3 is 3.00 bits per heavy atom. The van der Waals surface area contributed by atoms with E-state index in [-0.39, 0.29) is 0 Å². The number of fused-ring (bicyclic) bond motifs is 1. The van der Waals surface area contributed by atoms with Gasteiger partial charge in [0.05, 0.1) is 23.4 Å². The summed E-state index contributed by atoms with van der Waals surface area (Å²) in [6.07, 6.45) is 0. The van der Waals surface area contributed by atoms with Gasteiger partial charge in [0, 0.05) is 6.54 Å². The number of morpholine rings is 1. The molecule has 0 bridgehead atoms. The van der Waals surface area contributed by atoms with E-state index in [0.717, 1.165) is 15.3 Å². The molecule has 3 rings (SSSR count). The van der Waals surface area contributed by atoms with E-state index in [1.54, 1.807) is 11.3 Å². The minimum Gasteiger partial charge on any atom is -0.359 e. The minimum absolute atomic E-state index is 0.360. The van der Waals surface area contributed by atoms with E-state index in [2.05, 4.69) is 4.98 Å². The van der Waals surface area contributed by atoms with E-state index in [1.807, 2.05) is 29.2 Å². The molecule has 1 aliphatic rings. The van der Waals surface area contributed by atoms with Crippen molar-refractivity contribution in [3.05, 3.63) is 24.3 Å². The van der Waals surface area contributed by atoms with Gasteiger partial charge in [-0.25, -0.2) is 13.4 Å². The zero-order valence-corrected chi connectivity index (χ0v) is 11.2. The number of hydrogen-bond donors (Lipinski definition) is 1. The van der Waals surface area contributed by atoms with Crippen LogP contribution in [0.3, 0.4) is 0 Å². The Morgan fingerprint density at radius 1 is 1.39 bits per heavy atom. The molecule has 1 unspecified atom stereocenters. The summed E-state index contributed by atoms with van der Waals surface area (Å²) < 4.78 is 28.3. The van der Waals surface area contributed by atoms with E-state index >= 15 is 0 Å². The first kappa shape index (κ1) is 11.9. The van der Waals surface area contributed by atoms with Crippen molar-refractivity contribution in [1.29, 1.82) is 0 Å². The lowest BCUT2D eigenvalue weighted by Crippen LogP contribution is -2.43. The third-order valence-corrected chi connectivity index (χ3v) is 4.72. The van der Waals surface area contributed by atoms with E-state index in [1.165, 1.54) is 0 Å². The number of aromatic nitrogens is 1. The minimum atomic E-state index is -2.55. The van der Waals surface area contributed by atoms with Crippen LogP contribution in [0.4, 0.5) is 5.13 Å². The molecule has 96 valence electrons. The summed E-state index contributed by atoms with van der Waals surface area (Å²) >= 11 is 1.58. The van der Waals surface area contributed by atoms with Crippen LogP contribution in [0.25, 0.3) is 10.2 Å². The lowest BCUT2D eigenvalue weighted by Gasteiger charge is -2.29. The van der Waals surface area contributed by atoms with Gasteiger partial charge in [-0.1, -0.05) is 23.5 Å². The van der Waals surface area contributed by atoms with Gasteiger partial charge >= 0.3 is 0 Å². The van der Waals surface area contributed by atoms with Gasteiger partial charge in [0.1, 0.15) is 0 Å². The van der Waals surface area contributed by atoms with E-state index in [4.69, 9.17) is 4.74 Å². The number of benzene rings is 1. The third kappa shape index (κ3) is 2.21. The SMILES string of the molecule is O=[SH](=O)C1CN(c2nc3ccccc3s2)CCO1. The summed E-state index contributed by atoms with van der Waals surface area (Å²) in [5.74, 6) is 0. The van der Waals surface area contributed by atoms with E-state index in [0.29, 0.717) is 19.7 Å². The summed E-state index contributed by atoms with van der Waals surface area (Å²) in [4.78, 5) is 6.50. The number of ether oxygens (including phenoxy) is 1. The van der Waals surface area contributed by atoms with Crippen LogP contribution in [0.15, 0.2) is 24.3 Å². The van der Waals surface area contributed by atoms with Gasteiger partial charge in [-0.2, -0.15) is 0 Å². The normalized spacial score (nSPS) is 20.7. The highest BCUT2D eigenvalue weighted by atomic mass is 32.2. The van der Waals surface area contributed by atoms with Crippen LogP contribution < -0.4 is 4.90 Å². The van der Waals surface area contributed by atoms with Gasteiger partial charge in [-0.3, -0.25) is 0 Å². The van der Waals surface area contributed by atoms with Gasteiger partial charge in [0.2, 0.25) is 0 Å². The van der Waals surface area contributed by atoms with Gasteiger partial charge in [-0.15, -0.1) is 0 Å². The molecular weight excluding hydrogens is 272 g/mol. The number of anilines is 1. The lowest BCUT2D eigenvalue weighted by atomic mass is 10.3. The van der Waals surface area contributed by atoms with Gasteiger partial charge in [0.25, 0.3) is 0 Å². The Bertz CT molecular complexity index is 597. The van der Waals surface area contributed by atoms with Gasteiger partial charge < -0.3 is 9.64 Å². The lowest BCUT2D eigenvalue weighted by molar-refractivity contribution is 0.0936. The molecular formula is C11H12N2O3S2. The Kier molecular flexibility index (Phi) is 3.19. The summed E-state index contributed by atoms with van der Waals surface area (Å²) in [5.41, 5.74) is 0.229. The first-order valence-corrected chi connectivity index (χ1v) is 7.66. The fraction of sp³-hybridized carbons (Fsp3) is 0.364. The fourth-order valence-corrected chi connectivity index (χ4v) is 3.49. The number of nitrogens with zero attached hydrogens (tertiary/aromatic N) is 2. The molecule has 1 aliphatic heterocycles. The molecule has 0 radical (unpaired) electrons. The maximum Gasteiger partial charge on any atom is 0.186 e. The second-order valence-electron chi connectivity index (χ2n) is 4.02. The van der Waals surface area contributed by atoms with Crippen molar-refractivity contribution in [1.82, 2.24) is 4.98 Å². The molecule has 0 spiro atoms. The van der Waals surface area contributed by atoms with E-state index in [9.17, 15) is 8.42 Å². The monoisotopic (exact) mass is 284 g/mol. The number of hydrogen-bond acceptors (Lipinski definition) is 6. The molecule has 1 aromatic heterocycles. The van der Waals surface area contributed by atoms with Crippen molar-refractivity contribution in [2.24, 2.45) is 0 Å². The molecule has 1 saturated heterocycles. The molecule has 1 aromatic carbocycles. The first-order valence-electron chi connectivity index (χ1n) is 5.59. The predicted octanol–water partition coefficient (Wildman–Crippen LogP) is 1.07. The fourth-order valence-electron chi connectivity index (χ4n) is 1.93. The molecule has 18 heavy (non-hydrogen) atoms. The Morgan fingerprint density at radius 2 is 2.22 bits per heavy atom. The zero-order chi connectivity index (χ0) is 12.5. The molecule has 2 aromatic rings. The standard InChI is InChI=1S/C11H12N2O3S2/c14-18(15)10-7-13(5-6-16-10)11-12-8-3-1-2-4-9(8)17-11/h1-4,10,18H,5-7H2. The number of thiazole rings is 1. The summed E-state index contributed by atoms with van der Waals surface area (Å²) in [6, 6.07) is 7.90. The second kappa shape index (κ2) is 4.83. The van der Waals surface area contributed by atoms with Crippen LogP contribution in [0, 0.1) is 0 Å². The van der Waals surface area contributed by atoms with Crippen LogP contribution in [0.1, 0.15) is 0 Å². The zero-order valence-electron chi connectivity index (χ0n) is 9.48. The van der Waals surface area contributed by atoms with Crippen molar-refractivity contribution >= 4 is 37.4 Å². The number of thiol groups is 1. The largest absolute Gasteiger partial charge is 0.359 e. The van der Waals surface area contributed by atoms with Crippen LogP contribution in [-0.2, 0) is 15.4 Å². The molecule has 7 heteroatoms. The average molecular weight is 284 g/mol. The first-order chi connectivity index (χ1) is 8.74. The van der Waals surface area contributed by atoms with Crippen molar-refractivity contribution in [3.8, 4) is 0 Å². The topological polar surface area (TPSA) is 59.5 Å².